The number of hydrogen-bond acceptors (Lipinski definition) is 2. The molecule has 2 saturated carbocycles. The Bertz CT molecular complexity index is 602. The second kappa shape index (κ2) is 9.57. The highest BCUT2D eigenvalue weighted by Gasteiger charge is 2.55. The van der Waals surface area contributed by atoms with Gasteiger partial charge in [0.2, 0.25) is 0 Å². The van der Waals surface area contributed by atoms with E-state index in [9.17, 15) is 5.11 Å². The van der Waals surface area contributed by atoms with Crippen LogP contribution in [0.2, 0.25) is 0 Å². The van der Waals surface area contributed by atoms with Crippen molar-refractivity contribution in [3.8, 4) is 0 Å². The van der Waals surface area contributed by atoms with Crippen LogP contribution in [0, 0.1) is 40.9 Å². The molecule has 0 radical (unpaired) electrons. The van der Waals surface area contributed by atoms with Crippen LogP contribution in [-0.2, 0) is 0 Å². The molecule has 7 atom stereocenters. The lowest BCUT2D eigenvalue weighted by atomic mass is 9.51. The summed E-state index contributed by atoms with van der Waals surface area (Å²) < 4.78 is 0. The average Bonchev–Trinajstić information content (AvgIpc) is 3.02. The first-order valence-electron chi connectivity index (χ1n) is 12.6. The molecule has 1 N–H and O–H groups in total. The number of rotatable bonds is 7. The predicted molar refractivity (Wildman–Crippen MR) is 130 cm³/mol. The van der Waals surface area contributed by atoms with Gasteiger partial charge in [-0.3, -0.25) is 0 Å². The summed E-state index contributed by atoms with van der Waals surface area (Å²) in [5.41, 5.74) is 4.11. The zero-order valence-electron chi connectivity index (χ0n) is 19.0. The summed E-state index contributed by atoms with van der Waals surface area (Å²) in [4.78, 5) is 0. The van der Waals surface area contributed by atoms with Gasteiger partial charge in [-0.25, -0.2) is 0 Å². The van der Waals surface area contributed by atoms with Gasteiger partial charge in [0.1, 0.15) is 0 Å². The average molecular weight is 484 g/mol. The number of aliphatic hydroxyl groups is 1. The Kier molecular flexibility index (Phi) is 7.50. The van der Waals surface area contributed by atoms with Crippen molar-refractivity contribution in [2.75, 3.05) is 5.75 Å². The summed E-state index contributed by atoms with van der Waals surface area (Å²) in [5, 5.41) is 10.3. The number of allylic oxidation sites excluding steroid dienone is 1. The maximum atomic E-state index is 10.3. The Morgan fingerprint density at radius 1 is 1.14 bits per heavy atom. The molecule has 0 amide bonds. The molecule has 0 aromatic rings. The Morgan fingerprint density at radius 3 is 2.72 bits per heavy atom. The quantitative estimate of drug-likeness (QED) is 0.291. The lowest BCUT2D eigenvalue weighted by Crippen LogP contribution is -2.46. The van der Waals surface area contributed by atoms with Gasteiger partial charge >= 0.3 is 0 Å². The molecule has 166 valence electrons. The van der Waals surface area contributed by atoms with Gasteiger partial charge < -0.3 is 5.11 Å². The minimum absolute atomic E-state index is 0.0799. The summed E-state index contributed by atoms with van der Waals surface area (Å²) in [6.07, 6.45) is 16.1. The van der Waals surface area contributed by atoms with Gasteiger partial charge in [-0.1, -0.05) is 61.4 Å². The fourth-order valence-electron chi connectivity index (χ4n) is 8.11. The van der Waals surface area contributed by atoms with Crippen LogP contribution in [0.1, 0.15) is 97.8 Å². The molecule has 3 heteroatoms. The van der Waals surface area contributed by atoms with Crippen LogP contribution in [-0.4, -0.2) is 17.0 Å². The van der Waals surface area contributed by atoms with Gasteiger partial charge in [-0.15, -0.1) is 0 Å². The molecular formula is C26H43BrOS. The molecule has 29 heavy (non-hydrogen) atoms. The molecule has 4 rings (SSSR count). The number of unbranched alkanes of at least 4 members (excludes halogenated alkanes) is 1. The lowest BCUT2D eigenvalue weighted by Gasteiger charge is -2.54. The van der Waals surface area contributed by atoms with Gasteiger partial charge in [-0.05, 0) is 114 Å². The minimum Gasteiger partial charge on any atom is -0.393 e. The van der Waals surface area contributed by atoms with Gasteiger partial charge in [0.25, 0.3) is 0 Å². The third-order valence-corrected chi connectivity index (χ3v) is 10.9. The van der Waals surface area contributed by atoms with Crippen LogP contribution in [0.3, 0.4) is 0 Å². The van der Waals surface area contributed by atoms with Crippen molar-refractivity contribution in [2.24, 2.45) is 40.9 Å². The Balaban J connectivity index is 1.49. The van der Waals surface area contributed by atoms with Crippen molar-refractivity contribution in [1.82, 2.24) is 0 Å². The van der Waals surface area contributed by atoms with E-state index in [1.54, 1.807) is 5.57 Å². The lowest BCUT2D eigenvalue weighted by molar-refractivity contribution is 0.00128. The Hall–Kier alpha value is 0.530. The second-order valence-corrected chi connectivity index (χ2v) is 13.5. The van der Waals surface area contributed by atoms with Crippen molar-refractivity contribution < 1.29 is 5.11 Å². The Morgan fingerprint density at radius 2 is 1.97 bits per heavy atom. The van der Waals surface area contributed by atoms with E-state index < -0.39 is 0 Å². The van der Waals surface area contributed by atoms with Crippen LogP contribution >= 0.6 is 25.0 Å². The third kappa shape index (κ3) is 4.54. The summed E-state index contributed by atoms with van der Waals surface area (Å²) in [7, 11) is 1.84. The molecule has 7 unspecified atom stereocenters. The smallest absolute Gasteiger partial charge is 0.0580 e. The summed E-state index contributed by atoms with van der Waals surface area (Å²) in [6, 6.07) is 0. The van der Waals surface area contributed by atoms with E-state index in [0.29, 0.717) is 11.3 Å². The van der Waals surface area contributed by atoms with E-state index in [4.69, 9.17) is 0 Å². The Labute approximate surface area is 191 Å². The van der Waals surface area contributed by atoms with E-state index in [2.05, 4.69) is 35.6 Å². The first kappa shape index (κ1) is 22.7. The monoisotopic (exact) mass is 482 g/mol. The molecule has 0 spiro atoms. The van der Waals surface area contributed by atoms with Crippen molar-refractivity contribution in [1.29, 1.82) is 0 Å². The number of halogens is 1. The van der Waals surface area contributed by atoms with Crippen LogP contribution in [0.4, 0.5) is 0 Å². The largest absolute Gasteiger partial charge is 0.393 e. The van der Waals surface area contributed by atoms with Crippen molar-refractivity contribution in [2.45, 2.75) is 104 Å². The van der Waals surface area contributed by atoms with Gasteiger partial charge in [0, 0.05) is 5.75 Å². The van der Waals surface area contributed by atoms with Crippen molar-refractivity contribution in [3.63, 3.8) is 0 Å². The topological polar surface area (TPSA) is 20.2 Å². The summed E-state index contributed by atoms with van der Waals surface area (Å²) in [6.45, 7) is 7.43. The number of hydrogen-bond donors (Lipinski definition) is 1. The molecule has 0 aromatic carbocycles. The van der Waals surface area contributed by atoms with Crippen molar-refractivity contribution in [3.05, 3.63) is 11.1 Å². The van der Waals surface area contributed by atoms with E-state index >= 15 is 0 Å². The first-order chi connectivity index (χ1) is 13.9. The third-order valence-electron chi connectivity index (χ3n) is 9.59. The fraction of sp³-hybridized carbons (Fsp3) is 0.923. The molecule has 1 nitrogen and oxygen atoms in total. The van der Waals surface area contributed by atoms with Crippen molar-refractivity contribution >= 4 is 25.0 Å². The molecule has 4 aliphatic carbocycles. The minimum atomic E-state index is -0.0799. The SMILES string of the molecule is CC(C)CCCCC1CCC2C3CC(CSBr)C4=C(CCC(O)C4)C3CCC12C. The predicted octanol–water partition coefficient (Wildman–Crippen LogP) is 8.17. The molecule has 0 aromatic heterocycles. The molecule has 0 heterocycles. The molecule has 0 saturated heterocycles. The van der Waals surface area contributed by atoms with Gasteiger partial charge in [0.05, 0.1) is 6.10 Å². The van der Waals surface area contributed by atoms with Crippen LogP contribution < -0.4 is 0 Å². The van der Waals surface area contributed by atoms with E-state index in [-0.39, 0.29) is 6.10 Å². The molecular weight excluding hydrogens is 440 g/mol. The van der Waals surface area contributed by atoms with E-state index in [0.717, 1.165) is 42.4 Å². The highest BCUT2D eigenvalue weighted by Crippen LogP contribution is 2.64. The fourth-order valence-corrected chi connectivity index (χ4v) is 9.56. The number of fused-ring (bicyclic) bond motifs is 4. The first-order valence-corrected chi connectivity index (χ1v) is 15.4. The van der Waals surface area contributed by atoms with Gasteiger partial charge in [0.15, 0.2) is 0 Å². The van der Waals surface area contributed by atoms with Crippen LogP contribution in [0.25, 0.3) is 0 Å². The van der Waals surface area contributed by atoms with E-state index in [1.807, 2.05) is 15.8 Å². The summed E-state index contributed by atoms with van der Waals surface area (Å²) >= 11 is 3.66. The zero-order chi connectivity index (χ0) is 20.6. The maximum Gasteiger partial charge on any atom is 0.0580 e. The van der Waals surface area contributed by atoms with E-state index in [1.165, 1.54) is 70.0 Å². The second-order valence-electron chi connectivity index (χ2n) is 11.5. The normalized spacial score (nSPS) is 42.0. The standard InChI is InChI=1S/C26H43BrOS/c1-17(2)6-4-5-7-19-8-11-25-24-14-18(16-29-27)23-15-20(28)9-10-21(23)22(24)12-13-26(19,25)3/h17-20,22,24-25,28H,4-16H2,1-3H3. The highest BCUT2D eigenvalue weighted by atomic mass is 79.9. The molecule has 2 fully saturated rings. The zero-order valence-corrected chi connectivity index (χ0v) is 21.4. The van der Waals surface area contributed by atoms with Crippen LogP contribution in [0.5, 0.6) is 0 Å². The highest BCUT2D eigenvalue weighted by molar-refractivity contribution is 9.50. The van der Waals surface area contributed by atoms with Crippen LogP contribution in [0.15, 0.2) is 11.1 Å². The maximum absolute atomic E-state index is 10.3. The summed E-state index contributed by atoms with van der Waals surface area (Å²) in [5.74, 6) is 6.48. The molecule has 0 bridgehead atoms. The number of aliphatic hydroxyl groups excluding tert-OH is 1. The molecule has 4 aliphatic rings. The van der Waals surface area contributed by atoms with Gasteiger partial charge in [-0.2, -0.15) is 0 Å². The molecule has 0 aliphatic heterocycles.